The van der Waals surface area contributed by atoms with Crippen LogP contribution in [-0.2, 0) is 13.0 Å². The van der Waals surface area contributed by atoms with Crippen molar-refractivity contribution in [3.8, 4) is 11.8 Å². The minimum atomic E-state index is -2.52. The molecule has 2 amide bonds. The number of urea groups is 1. The zero-order valence-corrected chi connectivity index (χ0v) is 17.4. The highest BCUT2D eigenvalue weighted by atomic mass is 35.5. The summed E-state index contributed by atoms with van der Waals surface area (Å²) in [7, 11) is 0. The van der Waals surface area contributed by atoms with Gasteiger partial charge in [-0.25, -0.2) is 23.5 Å². The van der Waals surface area contributed by atoms with Gasteiger partial charge in [0.1, 0.15) is 10.0 Å². The monoisotopic (exact) mass is 450 g/mol. The van der Waals surface area contributed by atoms with Crippen molar-refractivity contribution < 1.29 is 13.6 Å². The third-order valence-corrected chi connectivity index (χ3v) is 5.27. The topological polar surface area (TPSA) is 84.7 Å². The average Bonchev–Trinajstić information content (AvgIpc) is 3.23. The number of carbonyl (C=O) groups is 1. The third-order valence-electron chi connectivity index (χ3n) is 3.84. The Bertz CT molecular complexity index is 1070. The van der Waals surface area contributed by atoms with Crippen LogP contribution in [0.2, 0.25) is 5.15 Å². The number of amides is 2. The molecule has 0 unspecified atom stereocenters. The van der Waals surface area contributed by atoms with Crippen LogP contribution < -0.4 is 10.6 Å². The first-order valence-electron chi connectivity index (χ1n) is 8.84. The summed E-state index contributed by atoms with van der Waals surface area (Å²) >= 11 is 7.29. The van der Waals surface area contributed by atoms with Crippen molar-refractivity contribution in [3.05, 3.63) is 57.8 Å². The highest BCUT2D eigenvalue weighted by Crippen LogP contribution is 2.21. The summed E-state index contributed by atoms with van der Waals surface area (Å²) in [4.78, 5) is 25.1. The molecule has 0 saturated heterocycles. The smallest absolute Gasteiger partial charge is 0.321 e. The van der Waals surface area contributed by atoms with Crippen molar-refractivity contribution in [2.24, 2.45) is 0 Å². The molecule has 30 heavy (non-hydrogen) atoms. The fourth-order valence-electron chi connectivity index (χ4n) is 2.42. The van der Waals surface area contributed by atoms with E-state index >= 15 is 0 Å². The SMILES string of the molecule is Cc1nc(NC(=O)NCCc2ncn(CC(F)F)c2Cl)sc1C#Cc1ccncc1. The van der Waals surface area contributed by atoms with E-state index in [1.54, 1.807) is 24.5 Å². The number of aromatic nitrogens is 4. The minimum Gasteiger partial charge on any atom is -0.337 e. The van der Waals surface area contributed by atoms with Gasteiger partial charge in [-0.15, -0.1) is 0 Å². The first-order chi connectivity index (χ1) is 14.4. The predicted octanol–water partition coefficient (Wildman–Crippen LogP) is 3.73. The summed E-state index contributed by atoms with van der Waals surface area (Å²) in [6.45, 7) is 1.53. The van der Waals surface area contributed by atoms with Gasteiger partial charge in [-0.1, -0.05) is 28.9 Å². The van der Waals surface area contributed by atoms with E-state index in [2.05, 4.69) is 37.4 Å². The van der Waals surface area contributed by atoms with Gasteiger partial charge in [-0.3, -0.25) is 10.3 Å². The van der Waals surface area contributed by atoms with E-state index < -0.39 is 19.0 Å². The number of aryl methyl sites for hydroxylation is 1. The van der Waals surface area contributed by atoms with Crippen LogP contribution in [0.15, 0.2) is 30.9 Å². The van der Waals surface area contributed by atoms with Crippen LogP contribution in [0.4, 0.5) is 18.7 Å². The zero-order valence-electron chi connectivity index (χ0n) is 15.8. The van der Waals surface area contributed by atoms with Gasteiger partial charge in [-0.2, -0.15) is 0 Å². The van der Waals surface area contributed by atoms with Crippen molar-refractivity contribution >= 4 is 34.1 Å². The molecule has 0 spiro atoms. The first-order valence-corrected chi connectivity index (χ1v) is 10.0. The standard InChI is InChI=1S/C19H17ClF2N6OS/c1-12-15(3-2-13-4-7-23-8-5-13)30-19(26-12)27-18(29)24-9-6-14-17(20)28(11-25-14)10-16(21)22/h4-5,7-8,11,16H,6,9-10H2,1H3,(H2,24,26,27,29). The van der Waals surface area contributed by atoms with Crippen molar-refractivity contribution in [2.45, 2.75) is 26.3 Å². The fraction of sp³-hybridized carbons (Fsp3) is 0.263. The Hall–Kier alpha value is -3.03. The van der Waals surface area contributed by atoms with Crippen LogP contribution in [0, 0.1) is 18.8 Å². The predicted molar refractivity (Wildman–Crippen MR) is 111 cm³/mol. The van der Waals surface area contributed by atoms with E-state index in [0.29, 0.717) is 22.9 Å². The van der Waals surface area contributed by atoms with E-state index in [1.165, 1.54) is 22.2 Å². The number of nitrogens with zero attached hydrogens (tertiary/aromatic N) is 4. The molecule has 3 aromatic heterocycles. The second-order valence-corrected chi connectivity index (χ2v) is 7.43. The lowest BCUT2D eigenvalue weighted by Crippen LogP contribution is -2.30. The van der Waals surface area contributed by atoms with Gasteiger partial charge >= 0.3 is 6.03 Å². The number of alkyl halides is 2. The second-order valence-electron chi connectivity index (χ2n) is 6.08. The number of hydrogen-bond acceptors (Lipinski definition) is 5. The summed E-state index contributed by atoms with van der Waals surface area (Å²) in [5, 5.41) is 5.88. The lowest BCUT2D eigenvalue weighted by atomic mass is 10.2. The Kier molecular flexibility index (Phi) is 7.32. The Labute approximate surface area is 180 Å². The number of anilines is 1. The molecule has 0 aliphatic rings. The number of nitrogens with one attached hydrogen (secondary N) is 2. The van der Waals surface area contributed by atoms with E-state index in [1.807, 2.05) is 6.92 Å². The summed E-state index contributed by atoms with van der Waals surface area (Å²) in [5.74, 6) is 6.06. The normalized spacial score (nSPS) is 10.6. The molecule has 7 nitrogen and oxygen atoms in total. The van der Waals surface area contributed by atoms with Crippen molar-refractivity contribution in [1.29, 1.82) is 0 Å². The second kappa shape index (κ2) is 10.1. The maximum atomic E-state index is 12.5. The van der Waals surface area contributed by atoms with Gasteiger partial charge < -0.3 is 9.88 Å². The lowest BCUT2D eigenvalue weighted by molar-refractivity contribution is 0.126. The van der Waals surface area contributed by atoms with Crippen LogP contribution in [0.25, 0.3) is 0 Å². The molecular weight excluding hydrogens is 434 g/mol. The molecule has 3 aromatic rings. The molecule has 0 aliphatic carbocycles. The Morgan fingerprint density at radius 1 is 1.33 bits per heavy atom. The van der Waals surface area contributed by atoms with Gasteiger partial charge in [0.05, 0.1) is 24.3 Å². The van der Waals surface area contributed by atoms with Gasteiger partial charge in [0.2, 0.25) is 0 Å². The number of hydrogen-bond donors (Lipinski definition) is 2. The van der Waals surface area contributed by atoms with Gasteiger partial charge in [-0.05, 0) is 25.0 Å². The number of rotatable bonds is 6. The van der Waals surface area contributed by atoms with E-state index in [-0.39, 0.29) is 11.7 Å². The molecule has 0 atom stereocenters. The van der Waals surface area contributed by atoms with Crippen LogP contribution in [-0.4, -0.2) is 38.5 Å². The Morgan fingerprint density at radius 3 is 2.83 bits per heavy atom. The first kappa shape index (κ1) is 21.7. The molecule has 0 fully saturated rings. The van der Waals surface area contributed by atoms with Gasteiger partial charge in [0.25, 0.3) is 6.43 Å². The molecule has 11 heteroatoms. The molecule has 0 aliphatic heterocycles. The van der Waals surface area contributed by atoms with Crippen LogP contribution in [0.5, 0.6) is 0 Å². The summed E-state index contributed by atoms with van der Waals surface area (Å²) in [6.07, 6.45) is 2.38. The summed E-state index contributed by atoms with van der Waals surface area (Å²) in [5.41, 5.74) is 1.99. The molecule has 156 valence electrons. The largest absolute Gasteiger partial charge is 0.337 e. The van der Waals surface area contributed by atoms with Crippen molar-refractivity contribution in [1.82, 2.24) is 24.8 Å². The number of pyridine rings is 1. The molecule has 0 radical (unpaired) electrons. The van der Waals surface area contributed by atoms with E-state index in [9.17, 15) is 13.6 Å². The number of imidazole rings is 1. The molecular formula is C19H17ClF2N6OS. The molecule has 0 aromatic carbocycles. The van der Waals surface area contributed by atoms with Crippen LogP contribution >= 0.6 is 22.9 Å². The molecule has 3 rings (SSSR count). The highest BCUT2D eigenvalue weighted by Gasteiger charge is 2.13. The van der Waals surface area contributed by atoms with Crippen molar-refractivity contribution in [2.75, 3.05) is 11.9 Å². The average molecular weight is 451 g/mol. The molecule has 2 N–H and O–H groups in total. The van der Waals surface area contributed by atoms with Gasteiger partial charge in [0, 0.05) is 30.9 Å². The van der Waals surface area contributed by atoms with Crippen LogP contribution in [0.1, 0.15) is 21.8 Å². The summed E-state index contributed by atoms with van der Waals surface area (Å²) < 4.78 is 26.1. The number of halogens is 3. The summed E-state index contributed by atoms with van der Waals surface area (Å²) in [6, 6.07) is 3.16. The molecule has 0 saturated carbocycles. The van der Waals surface area contributed by atoms with Gasteiger partial charge in [0.15, 0.2) is 5.13 Å². The van der Waals surface area contributed by atoms with E-state index in [4.69, 9.17) is 11.6 Å². The third kappa shape index (κ3) is 5.98. The zero-order chi connectivity index (χ0) is 21.5. The maximum Gasteiger partial charge on any atom is 0.321 e. The molecule has 0 bridgehead atoms. The number of thiazole rings is 1. The maximum absolute atomic E-state index is 12.5. The highest BCUT2D eigenvalue weighted by molar-refractivity contribution is 7.16. The fourth-order valence-corrected chi connectivity index (χ4v) is 3.49. The lowest BCUT2D eigenvalue weighted by Gasteiger charge is -2.05. The van der Waals surface area contributed by atoms with Crippen LogP contribution in [0.3, 0.4) is 0 Å². The van der Waals surface area contributed by atoms with Crippen molar-refractivity contribution in [3.63, 3.8) is 0 Å². The Balaban J connectivity index is 1.51. The minimum absolute atomic E-state index is 0.144. The van der Waals surface area contributed by atoms with E-state index in [0.717, 1.165) is 10.4 Å². The quantitative estimate of drug-likeness (QED) is 0.560. The number of carbonyl (C=O) groups excluding carboxylic acids is 1. The molecule has 3 heterocycles. The Morgan fingerprint density at radius 2 is 2.10 bits per heavy atom.